The highest BCUT2D eigenvalue weighted by Gasteiger charge is 2.19. The van der Waals surface area contributed by atoms with Gasteiger partial charge in [-0.2, -0.15) is 0 Å². The van der Waals surface area contributed by atoms with E-state index in [4.69, 9.17) is 4.74 Å². The standard InChI is InChI=1S/C16H27N3O/c1-3-17-9-14-6-7-16(18-10-14)12-19-8-4-5-15(11-19)13-20-2/h6-7,10,15,17H,3-5,8-9,11-13H2,1-2H3. The Bertz CT molecular complexity index is 378. The van der Waals surface area contributed by atoms with Crippen LogP contribution in [0.1, 0.15) is 31.0 Å². The second-order valence-electron chi connectivity index (χ2n) is 5.64. The maximum atomic E-state index is 5.28. The molecule has 0 radical (unpaired) electrons. The van der Waals surface area contributed by atoms with Crippen molar-refractivity contribution in [3.8, 4) is 0 Å². The van der Waals surface area contributed by atoms with E-state index in [2.05, 4.69) is 34.3 Å². The number of pyridine rings is 1. The minimum absolute atomic E-state index is 0.682. The van der Waals surface area contributed by atoms with Crippen LogP contribution in [0.2, 0.25) is 0 Å². The zero-order chi connectivity index (χ0) is 14.2. The predicted octanol–water partition coefficient (Wildman–Crippen LogP) is 2.05. The van der Waals surface area contributed by atoms with Crippen molar-refractivity contribution in [2.45, 2.75) is 32.9 Å². The first-order valence-electron chi connectivity index (χ1n) is 7.67. The first-order chi connectivity index (χ1) is 9.81. The van der Waals surface area contributed by atoms with Crippen LogP contribution in [0.3, 0.4) is 0 Å². The number of piperidine rings is 1. The van der Waals surface area contributed by atoms with Crippen LogP contribution in [0, 0.1) is 5.92 Å². The Morgan fingerprint density at radius 2 is 2.35 bits per heavy atom. The number of hydrogen-bond donors (Lipinski definition) is 1. The molecule has 1 fully saturated rings. The van der Waals surface area contributed by atoms with Gasteiger partial charge in [-0.3, -0.25) is 9.88 Å². The Morgan fingerprint density at radius 3 is 3.05 bits per heavy atom. The molecule has 4 nitrogen and oxygen atoms in total. The van der Waals surface area contributed by atoms with Crippen molar-refractivity contribution >= 4 is 0 Å². The number of nitrogens with zero attached hydrogens (tertiary/aromatic N) is 2. The summed E-state index contributed by atoms with van der Waals surface area (Å²) in [6.07, 6.45) is 4.56. The molecule has 0 aliphatic carbocycles. The molecule has 0 bridgehead atoms. The van der Waals surface area contributed by atoms with Gasteiger partial charge in [0, 0.05) is 32.9 Å². The van der Waals surface area contributed by atoms with E-state index >= 15 is 0 Å². The van der Waals surface area contributed by atoms with E-state index in [1.54, 1.807) is 7.11 Å². The van der Waals surface area contributed by atoms with Crippen molar-refractivity contribution in [1.82, 2.24) is 15.2 Å². The molecule has 1 aliphatic heterocycles. The van der Waals surface area contributed by atoms with Gasteiger partial charge in [0.05, 0.1) is 12.3 Å². The van der Waals surface area contributed by atoms with E-state index in [0.29, 0.717) is 5.92 Å². The molecule has 1 aromatic rings. The summed E-state index contributed by atoms with van der Waals surface area (Å²) in [7, 11) is 1.80. The third-order valence-corrected chi connectivity index (χ3v) is 3.86. The van der Waals surface area contributed by atoms with Crippen molar-refractivity contribution in [3.63, 3.8) is 0 Å². The summed E-state index contributed by atoms with van der Waals surface area (Å²) in [6, 6.07) is 4.34. The summed E-state index contributed by atoms with van der Waals surface area (Å²) in [5.74, 6) is 0.682. The summed E-state index contributed by atoms with van der Waals surface area (Å²) in [6.45, 7) is 8.18. The van der Waals surface area contributed by atoms with Crippen LogP contribution >= 0.6 is 0 Å². The Hall–Kier alpha value is -0.970. The molecule has 2 rings (SSSR count). The molecule has 1 atom stereocenters. The smallest absolute Gasteiger partial charge is 0.0544 e. The summed E-state index contributed by atoms with van der Waals surface area (Å²) in [5, 5.41) is 3.32. The fourth-order valence-corrected chi connectivity index (χ4v) is 2.82. The minimum Gasteiger partial charge on any atom is -0.384 e. The number of aromatic nitrogens is 1. The van der Waals surface area contributed by atoms with Gasteiger partial charge in [0.2, 0.25) is 0 Å². The molecule has 1 N–H and O–H groups in total. The van der Waals surface area contributed by atoms with Crippen molar-refractivity contribution in [2.75, 3.05) is 33.4 Å². The molecule has 0 amide bonds. The van der Waals surface area contributed by atoms with Crippen LogP contribution in [-0.2, 0) is 17.8 Å². The number of rotatable bonds is 7. The van der Waals surface area contributed by atoms with E-state index < -0.39 is 0 Å². The fourth-order valence-electron chi connectivity index (χ4n) is 2.82. The molecule has 0 spiro atoms. The molecule has 112 valence electrons. The third-order valence-electron chi connectivity index (χ3n) is 3.86. The number of ether oxygens (including phenoxy) is 1. The molecule has 2 heterocycles. The Kier molecular flexibility index (Phi) is 6.43. The lowest BCUT2D eigenvalue weighted by molar-refractivity contribution is 0.0868. The maximum Gasteiger partial charge on any atom is 0.0544 e. The van der Waals surface area contributed by atoms with E-state index in [0.717, 1.165) is 32.8 Å². The highest BCUT2D eigenvalue weighted by atomic mass is 16.5. The van der Waals surface area contributed by atoms with Gasteiger partial charge in [-0.1, -0.05) is 13.0 Å². The van der Waals surface area contributed by atoms with Crippen LogP contribution in [0.15, 0.2) is 18.3 Å². The minimum atomic E-state index is 0.682. The van der Waals surface area contributed by atoms with Crippen molar-refractivity contribution in [2.24, 2.45) is 5.92 Å². The van der Waals surface area contributed by atoms with Crippen molar-refractivity contribution in [1.29, 1.82) is 0 Å². The zero-order valence-corrected chi connectivity index (χ0v) is 12.8. The van der Waals surface area contributed by atoms with Gasteiger partial charge in [0.1, 0.15) is 0 Å². The summed E-state index contributed by atoms with van der Waals surface area (Å²) in [5.41, 5.74) is 2.43. The van der Waals surface area contributed by atoms with Crippen molar-refractivity contribution < 1.29 is 4.74 Å². The molecule has 0 saturated carbocycles. The fraction of sp³-hybridized carbons (Fsp3) is 0.688. The van der Waals surface area contributed by atoms with Crippen molar-refractivity contribution in [3.05, 3.63) is 29.6 Å². The first-order valence-corrected chi connectivity index (χ1v) is 7.67. The lowest BCUT2D eigenvalue weighted by atomic mass is 9.99. The van der Waals surface area contributed by atoms with Gasteiger partial charge < -0.3 is 10.1 Å². The van der Waals surface area contributed by atoms with Gasteiger partial charge in [-0.15, -0.1) is 0 Å². The molecule has 1 saturated heterocycles. The summed E-state index contributed by atoms with van der Waals surface area (Å²) in [4.78, 5) is 7.08. The SMILES string of the molecule is CCNCc1ccc(CN2CCCC(COC)C2)nc1. The predicted molar refractivity (Wildman–Crippen MR) is 81.5 cm³/mol. The van der Waals surface area contributed by atoms with Crippen LogP contribution in [0.5, 0.6) is 0 Å². The average molecular weight is 277 g/mol. The zero-order valence-electron chi connectivity index (χ0n) is 12.8. The highest BCUT2D eigenvalue weighted by molar-refractivity contribution is 5.14. The average Bonchev–Trinajstić information content (AvgIpc) is 2.47. The first kappa shape index (κ1) is 15.4. The second-order valence-corrected chi connectivity index (χ2v) is 5.64. The van der Waals surface area contributed by atoms with Gasteiger partial charge in [0.15, 0.2) is 0 Å². The highest BCUT2D eigenvalue weighted by Crippen LogP contribution is 2.18. The molecule has 4 heteroatoms. The topological polar surface area (TPSA) is 37.4 Å². The van der Waals surface area contributed by atoms with Gasteiger partial charge in [-0.05, 0) is 43.5 Å². The lowest BCUT2D eigenvalue weighted by Crippen LogP contribution is -2.36. The van der Waals surface area contributed by atoms with E-state index in [1.165, 1.54) is 30.6 Å². The Balaban J connectivity index is 1.83. The van der Waals surface area contributed by atoms with Crippen LogP contribution < -0.4 is 5.32 Å². The third kappa shape index (κ3) is 4.85. The quantitative estimate of drug-likeness (QED) is 0.828. The number of methoxy groups -OCH3 is 1. The van der Waals surface area contributed by atoms with Gasteiger partial charge >= 0.3 is 0 Å². The molecular weight excluding hydrogens is 250 g/mol. The number of hydrogen-bond acceptors (Lipinski definition) is 4. The normalized spacial score (nSPS) is 20.2. The largest absolute Gasteiger partial charge is 0.384 e. The maximum absolute atomic E-state index is 5.28. The van der Waals surface area contributed by atoms with Crippen LogP contribution in [0.4, 0.5) is 0 Å². The number of likely N-dealkylation sites (tertiary alicyclic amines) is 1. The van der Waals surface area contributed by atoms with E-state index in [9.17, 15) is 0 Å². The number of nitrogens with one attached hydrogen (secondary N) is 1. The molecule has 20 heavy (non-hydrogen) atoms. The summed E-state index contributed by atoms with van der Waals surface area (Å²) < 4.78 is 5.28. The Morgan fingerprint density at radius 1 is 1.45 bits per heavy atom. The van der Waals surface area contributed by atoms with Crippen LogP contribution in [-0.4, -0.2) is 43.2 Å². The molecule has 0 aromatic carbocycles. The van der Waals surface area contributed by atoms with E-state index in [1.807, 2.05) is 6.20 Å². The lowest BCUT2D eigenvalue weighted by Gasteiger charge is -2.32. The summed E-state index contributed by atoms with van der Waals surface area (Å²) >= 11 is 0. The van der Waals surface area contributed by atoms with Gasteiger partial charge in [0.25, 0.3) is 0 Å². The monoisotopic (exact) mass is 277 g/mol. The molecule has 1 aromatic heterocycles. The van der Waals surface area contributed by atoms with E-state index in [-0.39, 0.29) is 0 Å². The second kappa shape index (κ2) is 8.35. The Labute approximate surface area is 122 Å². The molecule has 1 unspecified atom stereocenters. The van der Waals surface area contributed by atoms with Gasteiger partial charge in [-0.25, -0.2) is 0 Å². The molecular formula is C16H27N3O. The molecule has 1 aliphatic rings. The van der Waals surface area contributed by atoms with Crippen LogP contribution in [0.25, 0.3) is 0 Å².